The zero-order chi connectivity index (χ0) is 19.2. The summed E-state index contributed by atoms with van der Waals surface area (Å²) in [6, 6.07) is 12.1. The minimum atomic E-state index is -0.116. The molecule has 0 bridgehead atoms. The van der Waals surface area contributed by atoms with E-state index in [-0.39, 0.29) is 11.9 Å². The number of rotatable bonds is 6. The predicted octanol–water partition coefficient (Wildman–Crippen LogP) is 4.47. The van der Waals surface area contributed by atoms with Gasteiger partial charge in [-0.1, -0.05) is 24.3 Å². The second kappa shape index (κ2) is 8.76. The Hall–Kier alpha value is -2.75. The van der Waals surface area contributed by atoms with Gasteiger partial charge in [-0.15, -0.1) is 0 Å². The molecule has 0 spiro atoms. The van der Waals surface area contributed by atoms with Gasteiger partial charge in [0.15, 0.2) is 11.5 Å². The summed E-state index contributed by atoms with van der Waals surface area (Å²) < 4.78 is 10.5. The number of aryl methyl sites for hydroxylation is 2. The minimum Gasteiger partial charge on any atom is -0.493 e. The van der Waals surface area contributed by atoms with Crippen LogP contribution in [0.3, 0.4) is 0 Å². The minimum absolute atomic E-state index is 0.0280. The summed E-state index contributed by atoms with van der Waals surface area (Å²) >= 11 is 0. The number of ether oxygens (including phenoxy) is 2. The number of benzene rings is 2. The zero-order valence-electron chi connectivity index (χ0n) is 16.2. The van der Waals surface area contributed by atoms with Crippen LogP contribution in [0.1, 0.15) is 48.1 Å². The lowest BCUT2D eigenvalue weighted by Crippen LogP contribution is -2.24. The maximum atomic E-state index is 12.3. The fourth-order valence-electron chi connectivity index (χ4n) is 3.50. The van der Waals surface area contributed by atoms with Gasteiger partial charge >= 0.3 is 0 Å². The average Bonchev–Trinajstić information content (AvgIpc) is 2.71. The monoisotopic (exact) mass is 365 g/mol. The van der Waals surface area contributed by atoms with E-state index in [9.17, 15) is 4.79 Å². The summed E-state index contributed by atoms with van der Waals surface area (Å²) in [6.45, 7) is 2.02. The fourth-order valence-corrected chi connectivity index (χ4v) is 3.50. The van der Waals surface area contributed by atoms with Crippen LogP contribution in [0.2, 0.25) is 0 Å². The number of hydrogen-bond acceptors (Lipinski definition) is 3. The average molecular weight is 365 g/mol. The molecule has 1 aliphatic carbocycles. The number of methoxy groups -OCH3 is 2. The van der Waals surface area contributed by atoms with E-state index >= 15 is 0 Å². The van der Waals surface area contributed by atoms with Crippen molar-refractivity contribution >= 4 is 12.0 Å². The lowest BCUT2D eigenvalue weighted by molar-refractivity contribution is -0.117. The molecule has 2 aromatic carbocycles. The first kappa shape index (κ1) is 19.0. The number of fused-ring (bicyclic) bond motifs is 1. The van der Waals surface area contributed by atoms with Crippen molar-refractivity contribution < 1.29 is 14.3 Å². The number of carbonyl (C=O) groups is 1. The molecule has 0 saturated carbocycles. The summed E-state index contributed by atoms with van der Waals surface area (Å²) in [4.78, 5) is 12.3. The van der Waals surface area contributed by atoms with Gasteiger partial charge in [-0.3, -0.25) is 4.79 Å². The van der Waals surface area contributed by atoms with E-state index in [1.165, 1.54) is 30.4 Å². The van der Waals surface area contributed by atoms with E-state index in [0.29, 0.717) is 11.5 Å². The first-order valence-electron chi connectivity index (χ1n) is 9.43. The second-order valence-corrected chi connectivity index (χ2v) is 6.91. The van der Waals surface area contributed by atoms with Gasteiger partial charge in [0.1, 0.15) is 0 Å². The molecule has 0 saturated heterocycles. The van der Waals surface area contributed by atoms with E-state index in [1.54, 1.807) is 26.4 Å². The number of hydrogen-bond donors (Lipinski definition) is 1. The second-order valence-electron chi connectivity index (χ2n) is 6.91. The van der Waals surface area contributed by atoms with Crippen molar-refractivity contribution in [3.63, 3.8) is 0 Å². The topological polar surface area (TPSA) is 47.6 Å². The first-order chi connectivity index (χ1) is 13.1. The molecule has 2 aromatic rings. The fraction of sp³-hybridized carbons (Fsp3) is 0.348. The summed E-state index contributed by atoms with van der Waals surface area (Å²) in [7, 11) is 3.20. The van der Waals surface area contributed by atoms with Gasteiger partial charge in [0.05, 0.1) is 20.3 Å². The largest absolute Gasteiger partial charge is 0.493 e. The third-order valence-corrected chi connectivity index (χ3v) is 5.07. The maximum Gasteiger partial charge on any atom is 0.244 e. The SMILES string of the molecule is COc1ccc(/C=C/C(=O)N[C@H](C)c2ccc3c(c2)CCCC3)cc1OC. The molecule has 1 atom stereocenters. The molecule has 0 heterocycles. The van der Waals surface area contributed by atoms with Gasteiger partial charge in [0.2, 0.25) is 5.91 Å². The van der Waals surface area contributed by atoms with Crippen LogP contribution in [0, 0.1) is 0 Å². The molecule has 1 aliphatic rings. The summed E-state index contributed by atoms with van der Waals surface area (Å²) in [5, 5.41) is 3.04. The van der Waals surface area contributed by atoms with Crippen LogP contribution in [0.25, 0.3) is 6.08 Å². The zero-order valence-corrected chi connectivity index (χ0v) is 16.2. The Balaban J connectivity index is 1.64. The molecular formula is C23H27NO3. The molecule has 0 radical (unpaired) electrons. The molecule has 4 heteroatoms. The normalized spacial score (nSPS) is 14.5. The van der Waals surface area contributed by atoms with Crippen LogP contribution in [0.4, 0.5) is 0 Å². The van der Waals surface area contributed by atoms with E-state index in [1.807, 2.05) is 25.1 Å². The molecular weight excluding hydrogens is 338 g/mol. The van der Waals surface area contributed by atoms with Gasteiger partial charge in [-0.25, -0.2) is 0 Å². The standard InChI is InChI=1S/C23H27NO3/c1-16(19-11-10-18-6-4-5-7-20(18)15-19)24-23(25)13-9-17-8-12-21(26-2)22(14-17)27-3/h8-16H,4-7H2,1-3H3,(H,24,25)/b13-9+/t16-/m1/s1. The molecule has 1 N–H and O–H groups in total. The highest BCUT2D eigenvalue weighted by atomic mass is 16.5. The number of nitrogens with one attached hydrogen (secondary N) is 1. The Kier molecular flexibility index (Phi) is 6.17. The van der Waals surface area contributed by atoms with E-state index in [0.717, 1.165) is 17.5 Å². The number of carbonyl (C=O) groups excluding carboxylic acids is 1. The smallest absolute Gasteiger partial charge is 0.244 e. The van der Waals surface area contributed by atoms with E-state index in [2.05, 4.69) is 23.5 Å². The van der Waals surface area contributed by atoms with Gasteiger partial charge in [0.25, 0.3) is 0 Å². The van der Waals surface area contributed by atoms with E-state index < -0.39 is 0 Å². The maximum absolute atomic E-state index is 12.3. The molecule has 0 aromatic heterocycles. The molecule has 0 unspecified atom stereocenters. The van der Waals surface area contributed by atoms with Crippen molar-refractivity contribution in [1.82, 2.24) is 5.32 Å². The molecule has 1 amide bonds. The third kappa shape index (κ3) is 4.70. The first-order valence-corrected chi connectivity index (χ1v) is 9.43. The Morgan fingerprint density at radius 1 is 1.00 bits per heavy atom. The quantitative estimate of drug-likeness (QED) is 0.768. The highest BCUT2D eigenvalue weighted by Gasteiger charge is 2.13. The van der Waals surface area contributed by atoms with Crippen molar-refractivity contribution in [1.29, 1.82) is 0 Å². The van der Waals surface area contributed by atoms with Crippen molar-refractivity contribution in [2.45, 2.75) is 38.6 Å². The van der Waals surface area contributed by atoms with E-state index in [4.69, 9.17) is 9.47 Å². The lowest BCUT2D eigenvalue weighted by Gasteiger charge is -2.19. The van der Waals surface area contributed by atoms with Crippen LogP contribution in [0.15, 0.2) is 42.5 Å². The van der Waals surface area contributed by atoms with Gasteiger partial charge in [0, 0.05) is 6.08 Å². The Labute approximate surface area is 161 Å². The van der Waals surface area contributed by atoms with Crippen LogP contribution < -0.4 is 14.8 Å². The highest BCUT2D eigenvalue weighted by Crippen LogP contribution is 2.28. The number of amides is 1. The van der Waals surface area contributed by atoms with Crippen LogP contribution in [-0.2, 0) is 17.6 Å². The Bertz CT molecular complexity index is 842. The highest BCUT2D eigenvalue weighted by molar-refractivity contribution is 5.92. The molecule has 4 nitrogen and oxygen atoms in total. The Morgan fingerprint density at radius 2 is 1.74 bits per heavy atom. The van der Waals surface area contributed by atoms with Crippen LogP contribution >= 0.6 is 0 Å². The van der Waals surface area contributed by atoms with Gasteiger partial charge < -0.3 is 14.8 Å². The molecule has 27 heavy (non-hydrogen) atoms. The molecule has 3 rings (SSSR count). The van der Waals surface area contributed by atoms with Crippen LogP contribution in [0.5, 0.6) is 11.5 Å². The van der Waals surface area contributed by atoms with Crippen LogP contribution in [-0.4, -0.2) is 20.1 Å². The predicted molar refractivity (Wildman–Crippen MR) is 108 cm³/mol. The van der Waals surface area contributed by atoms with Gasteiger partial charge in [-0.2, -0.15) is 0 Å². The molecule has 142 valence electrons. The van der Waals surface area contributed by atoms with Crippen molar-refractivity contribution in [3.8, 4) is 11.5 Å². The third-order valence-electron chi connectivity index (χ3n) is 5.07. The van der Waals surface area contributed by atoms with Crippen molar-refractivity contribution in [2.75, 3.05) is 14.2 Å². The summed E-state index contributed by atoms with van der Waals surface area (Å²) in [6.07, 6.45) is 8.17. The molecule has 0 aliphatic heterocycles. The summed E-state index contributed by atoms with van der Waals surface area (Å²) in [5.41, 5.74) is 4.92. The molecule has 0 fully saturated rings. The van der Waals surface area contributed by atoms with Gasteiger partial charge in [-0.05, 0) is 73.1 Å². The summed E-state index contributed by atoms with van der Waals surface area (Å²) in [5.74, 6) is 1.19. The Morgan fingerprint density at radius 3 is 2.48 bits per heavy atom. The lowest BCUT2D eigenvalue weighted by atomic mass is 9.89. The van der Waals surface area contributed by atoms with Crippen molar-refractivity contribution in [2.24, 2.45) is 0 Å². The van der Waals surface area contributed by atoms with Crippen molar-refractivity contribution in [3.05, 3.63) is 64.7 Å².